The molecule has 1 saturated heterocycles. The molecule has 2 aromatic rings. The van der Waals surface area contributed by atoms with Crippen molar-refractivity contribution in [3.63, 3.8) is 0 Å². The molecule has 25 heavy (non-hydrogen) atoms. The fourth-order valence-corrected chi connectivity index (χ4v) is 3.64. The average molecular weight is 340 g/mol. The summed E-state index contributed by atoms with van der Waals surface area (Å²) in [7, 11) is 0. The molecule has 1 amide bonds. The Kier molecular flexibility index (Phi) is 4.65. The number of carbonyl (C=O) groups excluding carboxylic acids is 1. The Balaban J connectivity index is 1.23. The number of imidazole rings is 1. The molecule has 7 nitrogen and oxygen atoms in total. The zero-order chi connectivity index (χ0) is 17.1. The third-order valence-electron chi connectivity index (χ3n) is 5.01. The summed E-state index contributed by atoms with van der Waals surface area (Å²) in [5, 5.41) is 3.18. The molecule has 4 rings (SSSR count). The molecule has 0 aliphatic carbocycles. The van der Waals surface area contributed by atoms with Gasteiger partial charge in [-0.3, -0.25) is 9.69 Å². The number of amides is 1. The van der Waals surface area contributed by atoms with E-state index >= 15 is 0 Å². The van der Waals surface area contributed by atoms with E-state index in [0.29, 0.717) is 6.54 Å². The Morgan fingerprint density at radius 2 is 2.04 bits per heavy atom. The highest BCUT2D eigenvalue weighted by Crippen LogP contribution is 2.14. The number of aryl methyl sites for hydroxylation is 1. The van der Waals surface area contributed by atoms with Gasteiger partial charge in [-0.25, -0.2) is 9.97 Å². The third kappa shape index (κ3) is 3.82. The second-order valence-corrected chi connectivity index (χ2v) is 6.75. The molecule has 7 heteroatoms. The Morgan fingerprint density at radius 1 is 1.16 bits per heavy atom. The molecule has 0 unspecified atom stereocenters. The molecule has 1 fully saturated rings. The Labute approximate surface area is 147 Å². The molecule has 2 aliphatic heterocycles. The molecule has 1 N–H and O–H groups in total. The molecule has 0 aromatic carbocycles. The SMILES string of the molecule is O=C(CN1CCN(c2ccccn2)CC1)N[C@@H]1CCc2nccn2C1. The Morgan fingerprint density at radius 3 is 2.84 bits per heavy atom. The average Bonchev–Trinajstić information content (AvgIpc) is 3.11. The van der Waals surface area contributed by atoms with Crippen molar-refractivity contribution >= 4 is 11.7 Å². The first-order chi connectivity index (χ1) is 12.3. The summed E-state index contributed by atoms with van der Waals surface area (Å²) in [6, 6.07) is 6.19. The first-order valence-corrected chi connectivity index (χ1v) is 8.95. The van der Waals surface area contributed by atoms with Gasteiger partial charge in [0.15, 0.2) is 0 Å². The van der Waals surface area contributed by atoms with E-state index in [1.54, 1.807) is 0 Å². The van der Waals surface area contributed by atoms with Crippen LogP contribution in [0.3, 0.4) is 0 Å². The van der Waals surface area contributed by atoms with Gasteiger partial charge in [0.05, 0.1) is 6.54 Å². The van der Waals surface area contributed by atoms with Gasteiger partial charge in [0, 0.05) is 63.8 Å². The topological polar surface area (TPSA) is 66.3 Å². The molecule has 0 radical (unpaired) electrons. The normalized spacial score (nSPS) is 21.0. The van der Waals surface area contributed by atoms with E-state index < -0.39 is 0 Å². The molecule has 0 saturated carbocycles. The summed E-state index contributed by atoms with van der Waals surface area (Å²) in [6.07, 6.45) is 7.55. The smallest absolute Gasteiger partial charge is 0.234 e. The maximum atomic E-state index is 12.4. The summed E-state index contributed by atoms with van der Waals surface area (Å²) < 4.78 is 2.14. The van der Waals surface area contributed by atoms with Crippen LogP contribution in [0.2, 0.25) is 0 Å². The summed E-state index contributed by atoms with van der Waals surface area (Å²) in [4.78, 5) is 25.6. The number of nitrogens with one attached hydrogen (secondary N) is 1. The molecule has 0 bridgehead atoms. The molecule has 1 atom stereocenters. The Bertz CT molecular complexity index is 707. The van der Waals surface area contributed by atoms with Gasteiger partial charge in [-0.2, -0.15) is 0 Å². The number of fused-ring (bicyclic) bond motifs is 1. The molecule has 2 aliphatic rings. The van der Waals surface area contributed by atoms with Gasteiger partial charge in [0.1, 0.15) is 11.6 Å². The largest absolute Gasteiger partial charge is 0.354 e. The molecule has 0 spiro atoms. The van der Waals surface area contributed by atoms with E-state index in [1.165, 1.54) is 0 Å². The van der Waals surface area contributed by atoms with Gasteiger partial charge >= 0.3 is 0 Å². The van der Waals surface area contributed by atoms with Gasteiger partial charge in [0.25, 0.3) is 0 Å². The third-order valence-corrected chi connectivity index (χ3v) is 5.01. The highest BCUT2D eigenvalue weighted by molar-refractivity contribution is 5.78. The van der Waals surface area contributed by atoms with E-state index in [9.17, 15) is 4.79 Å². The number of aromatic nitrogens is 3. The lowest BCUT2D eigenvalue weighted by Crippen LogP contribution is -2.51. The number of piperazine rings is 1. The minimum atomic E-state index is 0.125. The molecular weight excluding hydrogens is 316 g/mol. The number of anilines is 1. The van der Waals surface area contributed by atoms with Crippen molar-refractivity contribution in [2.45, 2.75) is 25.4 Å². The predicted octanol–water partition coefficient (Wildman–Crippen LogP) is 0.531. The van der Waals surface area contributed by atoms with Crippen molar-refractivity contribution in [1.82, 2.24) is 24.8 Å². The van der Waals surface area contributed by atoms with Crippen LogP contribution in [0, 0.1) is 0 Å². The first kappa shape index (κ1) is 16.1. The lowest BCUT2D eigenvalue weighted by Gasteiger charge is -2.35. The monoisotopic (exact) mass is 340 g/mol. The van der Waals surface area contributed by atoms with Crippen LogP contribution in [0.4, 0.5) is 5.82 Å². The van der Waals surface area contributed by atoms with E-state index in [4.69, 9.17) is 0 Å². The van der Waals surface area contributed by atoms with E-state index in [-0.39, 0.29) is 11.9 Å². The molecular formula is C18H24N6O. The van der Waals surface area contributed by atoms with Crippen LogP contribution in [0.15, 0.2) is 36.8 Å². The van der Waals surface area contributed by atoms with Crippen LogP contribution in [-0.4, -0.2) is 64.1 Å². The maximum absolute atomic E-state index is 12.4. The molecule has 4 heterocycles. The summed E-state index contributed by atoms with van der Waals surface area (Å²) >= 11 is 0. The molecule has 2 aromatic heterocycles. The van der Waals surface area contributed by atoms with Gasteiger partial charge < -0.3 is 14.8 Å². The predicted molar refractivity (Wildman–Crippen MR) is 95.4 cm³/mol. The van der Waals surface area contributed by atoms with Crippen LogP contribution in [-0.2, 0) is 17.8 Å². The van der Waals surface area contributed by atoms with Gasteiger partial charge in [-0.05, 0) is 18.6 Å². The lowest BCUT2D eigenvalue weighted by molar-refractivity contribution is -0.123. The zero-order valence-corrected chi connectivity index (χ0v) is 14.3. The standard InChI is InChI=1S/C18H24N6O/c25-18(21-15-4-5-17-20-7-8-24(17)13-15)14-22-9-11-23(12-10-22)16-3-1-2-6-19-16/h1-3,6-8,15H,4-5,9-14H2,(H,21,25)/t15-/m1/s1. The summed E-state index contributed by atoms with van der Waals surface area (Å²) in [5.74, 6) is 2.26. The fourth-order valence-electron chi connectivity index (χ4n) is 3.64. The summed E-state index contributed by atoms with van der Waals surface area (Å²) in [5.41, 5.74) is 0. The summed E-state index contributed by atoms with van der Waals surface area (Å²) in [6.45, 7) is 4.90. The second kappa shape index (κ2) is 7.23. The maximum Gasteiger partial charge on any atom is 0.234 e. The number of rotatable bonds is 4. The van der Waals surface area contributed by atoms with Crippen molar-refractivity contribution in [3.05, 3.63) is 42.6 Å². The van der Waals surface area contributed by atoms with Crippen LogP contribution >= 0.6 is 0 Å². The first-order valence-electron chi connectivity index (χ1n) is 8.95. The minimum absolute atomic E-state index is 0.125. The zero-order valence-electron chi connectivity index (χ0n) is 14.3. The number of hydrogen-bond acceptors (Lipinski definition) is 5. The van der Waals surface area contributed by atoms with Crippen LogP contribution in [0.5, 0.6) is 0 Å². The number of nitrogens with zero attached hydrogens (tertiary/aromatic N) is 5. The van der Waals surface area contributed by atoms with Gasteiger partial charge in [-0.15, -0.1) is 0 Å². The minimum Gasteiger partial charge on any atom is -0.354 e. The van der Waals surface area contributed by atoms with Crippen LogP contribution in [0.25, 0.3) is 0 Å². The number of carbonyl (C=O) groups is 1. The van der Waals surface area contributed by atoms with E-state index in [1.807, 2.05) is 36.8 Å². The van der Waals surface area contributed by atoms with Crippen molar-refractivity contribution in [1.29, 1.82) is 0 Å². The second-order valence-electron chi connectivity index (χ2n) is 6.75. The van der Waals surface area contributed by atoms with Gasteiger partial charge in [-0.1, -0.05) is 6.07 Å². The quantitative estimate of drug-likeness (QED) is 0.880. The number of hydrogen-bond donors (Lipinski definition) is 1. The van der Waals surface area contributed by atoms with Crippen molar-refractivity contribution in [2.75, 3.05) is 37.6 Å². The molecule has 132 valence electrons. The highest BCUT2D eigenvalue weighted by atomic mass is 16.2. The van der Waals surface area contributed by atoms with E-state index in [0.717, 1.165) is 57.2 Å². The Hall–Kier alpha value is -2.41. The highest BCUT2D eigenvalue weighted by Gasteiger charge is 2.23. The van der Waals surface area contributed by atoms with Crippen LogP contribution in [0.1, 0.15) is 12.2 Å². The van der Waals surface area contributed by atoms with Gasteiger partial charge in [0.2, 0.25) is 5.91 Å². The fraction of sp³-hybridized carbons (Fsp3) is 0.500. The van der Waals surface area contributed by atoms with Crippen molar-refractivity contribution in [3.8, 4) is 0 Å². The van der Waals surface area contributed by atoms with Crippen molar-refractivity contribution in [2.24, 2.45) is 0 Å². The number of pyridine rings is 1. The lowest BCUT2D eigenvalue weighted by atomic mass is 10.1. The van der Waals surface area contributed by atoms with Crippen LogP contribution < -0.4 is 10.2 Å². The van der Waals surface area contributed by atoms with Crippen molar-refractivity contribution < 1.29 is 4.79 Å². The van der Waals surface area contributed by atoms with E-state index in [2.05, 4.69) is 29.7 Å².